The summed E-state index contributed by atoms with van der Waals surface area (Å²) in [6.45, 7) is 8.70. The second-order valence-electron chi connectivity index (χ2n) is 7.50. The molecule has 0 spiro atoms. The summed E-state index contributed by atoms with van der Waals surface area (Å²) in [6.07, 6.45) is 3.31. The average Bonchev–Trinajstić information content (AvgIpc) is 2.71. The van der Waals surface area contributed by atoms with Gasteiger partial charge in [-0.3, -0.25) is 0 Å². The number of carbonyl (C=O) groups excluding carboxylic acids is 1. The maximum Gasteiger partial charge on any atom is 0.410 e. The summed E-state index contributed by atoms with van der Waals surface area (Å²) in [5.74, 6) is 0. The van der Waals surface area contributed by atoms with Crippen molar-refractivity contribution in [1.82, 2.24) is 10.2 Å². The molecule has 0 aromatic rings. The molecule has 0 saturated carbocycles. The smallest absolute Gasteiger partial charge is 0.410 e. The number of nitrogens with zero attached hydrogens (tertiary/aromatic N) is 1. The molecule has 2 saturated heterocycles. The number of carbonyl (C=O) groups is 1. The van der Waals surface area contributed by atoms with Crippen LogP contribution in [0.1, 0.15) is 46.5 Å². The molecule has 2 unspecified atom stereocenters. The highest BCUT2D eigenvalue weighted by Gasteiger charge is 2.33. The second kappa shape index (κ2) is 7.15. The summed E-state index contributed by atoms with van der Waals surface area (Å²) in [7, 11) is 0. The Morgan fingerprint density at radius 3 is 2.82 bits per heavy atom. The largest absolute Gasteiger partial charge is 0.444 e. The lowest BCUT2D eigenvalue weighted by Crippen LogP contribution is -2.45. The van der Waals surface area contributed by atoms with Crippen molar-refractivity contribution in [2.24, 2.45) is 0 Å². The van der Waals surface area contributed by atoms with Crippen LogP contribution < -0.4 is 5.32 Å². The number of aliphatic hydroxyl groups is 1. The zero-order chi connectivity index (χ0) is 16.2. The first-order valence-electron chi connectivity index (χ1n) is 8.29. The lowest BCUT2D eigenvalue weighted by Gasteiger charge is -2.27. The summed E-state index contributed by atoms with van der Waals surface area (Å²) in [5.41, 5.74) is -1.18. The van der Waals surface area contributed by atoms with E-state index in [0.29, 0.717) is 38.8 Å². The van der Waals surface area contributed by atoms with E-state index in [-0.39, 0.29) is 6.09 Å². The number of nitrogens with one attached hydrogen (secondary N) is 1. The minimum Gasteiger partial charge on any atom is -0.444 e. The van der Waals surface area contributed by atoms with Gasteiger partial charge in [0.15, 0.2) is 0 Å². The van der Waals surface area contributed by atoms with Crippen molar-refractivity contribution in [2.75, 3.05) is 32.8 Å². The Labute approximate surface area is 133 Å². The fraction of sp³-hybridized carbons (Fsp3) is 0.938. The number of likely N-dealkylation sites (tertiary alicyclic amines) is 1. The van der Waals surface area contributed by atoms with Gasteiger partial charge in [-0.25, -0.2) is 4.79 Å². The molecule has 0 aliphatic carbocycles. The Hall–Kier alpha value is -0.850. The Morgan fingerprint density at radius 2 is 2.18 bits per heavy atom. The Morgan fingerprint density at radius 1 is 1.41 bits per heavy atom. The molecular formula is C16H30N2O4. The highest BCUT2D eigenvalue weighted by molar-refractivity contribution is 5.68. The van der Waals surface area contributed by atoms with Crippen molar-refractivity contribution in [3.8, 4) is 0 Å². The quantitative estimate of drug-likeness (QED) is 0.826. The predicted octanol–water partition coefficient (Wildman–Crippen LogP) is 1.52. The molecule has 0 aromatic heterocycles. The summed E-state index contributed by atoms with van der Waals surface area (Å²) in [6, 6.07) is 0.331. The molecule has 2 atom stereocenters. The zero-order valence-corrected chi connectivity index (χ0v) is 14.1. The normalized spacial score (nSPS) is 30.2. The van der Waals surface area contributed by atoms with Gasteiger partial charge in [0.1, 0.15) is 11.2 Å². The molecular weight excluding hydrogens is 284 g/mol. The molecule has 2 N–H and O–H groups in total. The van der Waals surface area contributed by atoms with E-state index in [4.69, 9.17) is 9.47 Å². The lowest BCUT2D eigenvalue weighted by atomic mass is 10.0. The standard InChI is InChI=1S/C16H30N2O4/c1-15(2,3)22-14(19)18-8-4-5-13(6-9-18)17-11-16(20)7-10-21-12-16/h13,17,20H,4-12H2,1-3H3. The van der Waals surface area contributed by atoms with Crippen molar-refractivity contribution in [3.63, 3.8) is 0 Å². The fourth-order valence-electron chi connectivity index (χ4n) is 2.88. The minimum atomic E-state index is -0.725. The fourth-order valence-corrected chi connectivity index (χ4v) is 2.88. The van der Waals surface area contributed by atoms with Crippen molar-refractivity contribution < 1.29 is 19.4 Å². The molecule has 1 amide bonds. The van der Waals surface area contributed by atoms with Gasteiger partial charge in [0, 0.05) is 38.7 Å². The number of amides is 1. The maximum absolute atomic E-state index is 12.1. The van der Waals surface area contributed by atoms with Crippen LogP contribution >= 0.6 is 0 Å². The van der Waals surface area contributed by atoms with Crippen molar-refractivity contribution in [2.45, 2.75) is 63.7 Å². The molecule has 6 heteroatoms. The first-order valence-corrected chi connectivity index (χ1v) is 8.29. The van der Waals surface area contributed by atoms with Gasteiger partial charge in [0.25, 0.3) is 0 Å². The number of hydrogen-bond donors (Lipinski definition) is 2. The monoisotopic (exact) mass is 314 g/mol. The SMILES string of the molecule is CC(C)(C)OC(=O)N1CCCC(NCC2(O)CCOC2)CC1. The van der Waals surface area contributed by atoms with Crippen LogP contribution in [-0.4, -0.2) is 66.2 Å². The predicted molar refractivity (Wildman–Crippen MR) is 83.8 cm³/mol. The van der Waals surface area contributed by atoms with E-state index in [1.807, 2.05) is 20.8 Å². The minimum absolute atomic E-state index is 0.226. The second-order valence-corrected chi connectivity index (χ2v) is 7.50. The van der Waals surface area contributed by atoms with Crippen LogP contribution in [0.25, 0.3) is 0 Å². The molecule has 6 nitrogen and oxygen atoms in total. The molecule has 2 heterocycles. The van der Waals surface area contributed by atoms with Gasteiger partial charge in [-0.05, 0) is 40.0 Å². The maximum atomic E-state index is 12.1. The lowest BCUT2D eigenvalue weighted by molar-refractivity contribution is 0.0226. The van der Waals surface area contributed by atoms with Crippen LogP contribution in [0.5, 0.6) is 0 Å². The van der Waals surface area contributed by atoms with E-state index in [1.165, 1.54) is 0 Å². The van der Waals surface area contributed by atoms with Crippen molar-refractivity contribution in [1.29, 1.82) is 0 Å². The Kier molecular flexibility index (Phi) is 5.69. The van der Waals surface area contributed by atoms with Gasteiger partial charge < -0.3 is 24.8 Å². The van der Waals surface area contributed by atoms with Crippen LogP contribution in [0, 0.1) is 0 Å². The molecule has 128 valence electrons. The third-order valence-electron chi connectivity index (χ3n) is 4.18. The summed E-state index contributed by atoms with van der Waals surface area (Å²) < 4.78 is 10.7. The molecule has 0 bridgehead atoms. The van der Waals surface area contributed by atoms with E-state index in [0.717, 1.165) is 25.8 Å². The van der Waals surface area contributed by atoms with E-state index in [1.54, 1.807) is 4.90 Å². The summed E-state index contributed by atoms with van der Waals surface area (Å²) >= 11 is 0. The number of hydrogen-bond acceptors (Lipinski definition) is 5. The van der Waals surface area contributed by atoms with Crippen LogP contribution in [0.2, 0.25) is 0 Å². The average molecular weight is 314 g/mol. The molecule has 2 aliphatic rings. The molecule has 0 aromatic carbocycles. The zero-order valence-electron chi connectivity index (χ0n) is 14.1. The number of ether oxygens (including phenoxy) is 2. The van der Waals surface area contributed by atoms with Crippen molar-refractivity contribution >= 4 is 6.09 Å². The molecule has 2 fully saturated rings. The summed E-state index contributed by atoms with van der Waals surface area (Å²) in [5, 5.41) is 13.7. The van der Waals surface area contributed by atoms with Crippen LogP contribution in [0.4, 0.5) is 4.79 Å². The highest BCUT2D eigenvalue weighted by Crippen LogP contribution is 2.19. The highest BCUT2D eigenvalue weighted by atomic mass is 16.6. The van der Waals surface area contributed by atoms with Crippen molar-refractivity contribution in [3.05, 3.63) is 0 Å². The van der Waals surface area contributed by atoms with Gasteiger partial charge in [-0.2, -0.15) is 0 Å². The first kappa shape index (κ1) is 17.5. The van der Waals surface area contributed by atoms with Gasteiger partial charge in [0.2, 0.25) is 0 Å². The molecule has 22 heavy (non-hydrogen) atoms. The molecule has 0 radical (unpaired) electrons. The van der Waals surface area contributed by atoms with E-state index in [2.05, 4.69) is 5.32 Å². The van der Waals surface area contributed by atoms with E-state index in [9.17, 15) is 9.90 Å². The van der Waals surface area contributed by atoms with Crippen LogP contribution in [0.3, 0.4) is 0 Å². The Bertz CT molecular complexity index is 375. The van der Waals surface area contributed by atoms with Gasteiger partial charge in [-0.1, -0.05) is 0 Å². The van der Waals surface area contributed by atoms with Crippen LogP contribution in [-0.2, 0) is 9.47 Å². The molecule has 2 rings (SSSR count). The third-order valence-corrected chi connectivity index (χ3v) is 4.18. The van der Waals surface area contributed by atoms with Crippen LogP contribution in [0.15, 0.2) is 0 Å². The van der Waals surface area contributed by atoms with E-state index < -0.39 is 11.2 Å². The Balaban J connectivity index is 1.76. The molecule has 2 aliphatic heterocycles. The van der Waals surface area contributed by atoms with Gasteiger partial charge in [0.05, 0.1) is 6.61 Å². The van der Waals surface area contributed by atoms with E-state index >= 15 is 0 Å². The summed E-state index contributed by atoms with van der Waals surface area (Å²) in [4.78, 5) is 13.9. The van der Waals surface area contributed by atoms with Gasteiger partial charge >= 0.3 is 6.09 Å². The topological polar surface area (TPSA) is 71.0 Å². The van der Waals surface area contributed by atoms with Gasteiger partial charge in [-0.15, -0.1) is 0 Å². The number of rotatable bonds is 3. The first-order chi connectivity index (χ1) is 10.3. The third kappa shape index (κ3) is 5.41.